The van der Waals surface area contributed by atoms with Crippen molar-refractivity contribution in [2.24, 2.45) is 0 Å². The highest BCUT2D eigenvalue weighted by Gasteiger charge is 2.15. The fourth-order valence-electron chi connectivity index (χ4n) is 1.41. The van der Waals surface area contributed by atoms with E-state index in [0.29, 0.717) is 10.9 Å². The van der Waals surface area contributed by atoms with Crippen molar-refractivity contribution in [2.75, 3.05) is 5.43 Å². The number of aliphatic carboxylic acids is 1. The maximum Gasteiger partial charge on any atom is 0.396 e. The molecule has 2 aromatic rings. The third-order valence-electron chi connectivity index (χ3n) is 2.10. The molecule has 6 nitrogen and oxygen atoms in total. The number of carboxylic acid groups (broad SMARTS) is 1. The lowest BCUT2D eigenvalue weighted by Gasteiger charge is -2.06. The lowest BCUT2D eigenvalue weighted by atomic mass is 10.2. The molecule has 0 bridgehead atoms. The number of hydrogen-bond acceptors (Lipinski definition) is 3. The van der Waals surface area contributed by atoms with E-state index in [1.807, 2.05) is 0 Å². The van der Waals surface area contributed by atoms with Crippen LogP contribution in [0.25, 0.3) is 10.9 Å². The summed E-state index contributed by atoms with van der Waals surface area (Å²) in [6.07, 6.45) is 0. The largest absolute Gasteiger partial charge is 0.493 e. The van der Waals surface area contributed by atoms with Crippen LogP contribution in [0.5, 0.6) is 5.88 Å². The molecule has 0 spiro atoms. The van der Waals surface area contributed by atoms with Crippen LogP contribution < -0.4 is 5.43 Å². The fraction of sp³-hybridized carbons (Fsp3) is 0. The Morgan fingerprint density at radius 3 is 2.62 bits per heavy atom. The minimum absolute atomic E-state index is 0.226. The molecule has 0 unspecified atom stereocenters. The van der Waals surface area contributed by atoms with Crippen LogP contribution in [0.4, 0.5) is 0 Å². The van der Waals surface area contributed by atoms with Crippen molar-refractivity contribution in [3.8, 4) is 5.88 Å². The smallest absolute Gasteiger partial charge is 0.396 e. The van der Waals surface area contributed by atoms with E-state index in [1.54, 1.807) is 24.3 Å². The average Bonchev–Trinajstić information content (AvgIpc) is 2.55. The van der Waals surface area contributed by atoms with E-state index in [1.165, 1.54) is 6.07 Å². The quantitative estimate of drug-likeness (QED) is 0.610. The Morgan fingerprint density at radius 2 is 1.94 bits per heavy atom. The molecule has 3 N–H and O–H groups in total. The monoisotopic (exact) mass is 220 g/mol. The van der Waals surface area contributed by atoms with Gasteiger partial charge in [-0.1, -0.05) is 18.2 Å². The Labute approximate surface area is 89.7 Å². The first-order valence-corrected chi connectivity index (χ1v) is 4.43. The highest BCUT2D eigenvalue weighted by atomic mass is 16.4. The normalized spacial score (nSPS) is 10.2. The molecule has 1 heterocycles. The van der Waals surface area contributed by atoms with Crippen LogP contribution in [0.15, 0.2) is 30.3 Å². The molecule has 16 heavy (non-hydrogen) atoms. The molecular weight excluding hydrogens is 212 g/mol. The number of benzene rings is 1. The zero-order chi connectivity index (χ0) is 11.7. The standard InChI is InChI=1S/C10H8N2O4/c13-8-5-6-3-1-2-4-7(6)12(8)11-9(14)10(15)16/h1-5,13H,(H,11,14)(H,15,16). The van der Waals surface area contributed by atoms with Gasteiger partial charge in [0.05, 0.1) is 5.52 Å². The summed E-state index contributed by atoms with van der Waals surface area (Å²) in [6, 6.07) is 8.30. The second-order valence-electron chi connectivity index (χ2n) is 3.14. The number of carbonyl (C=O) groups is 2. The Balaban J connectivity index is 2.47. The Kier molecular flexibility index (Phi) is 2.24. The van der Waals surface area contributed by atoms with Gasteiger partial charge in [-0.2, -0.15) is 0 Å². The summed E-state index contributed by atoms with van der Waals surface area (Å²) in [5.74, 6) is -3.05. The molecule has 0 aliphatic rings. The van der Waals surface area contributed by atoms with Crippen molar-refractivity contribution in [2.45, 2.75) is 0 Å². The molecule has 0 aliphatic carbocycles. The number of nitrogens with one attached hydrogen (secondary N) is 1. The van der Waals surface area contributed by atoms with Crippen LogP contribution in [-0.2, 0) is 9.59 Å². The molecule has 82 valence electrons. The first-order chi connectivity index (χ1) is 7.59. The summed E-state index contributed by atoms with van der Waals surface area (Å²) in [7, 11) is 0. The molecule has 1 amide bonds. The summed E-state index contributed by atoms with van der Waals surface area (Å²) in [5.41, 5.74) is 2.58. The van der Waals surface area contributed by atoms with Crippen LogP contribution in [-0.4, -0.2) is 26.8 Å². The molecule has 0 saturated heterocycles. The molecule has 1 aromatic heterocycles. The number of carbonyl (C=O) groups excluding carboxylic acids is 1. The molecule has 0 fully saturated rings. The SMILES string of the molecule is O=C(O)C(=O)Nn1c(O)cc2ccccc21. The summed E-state index contributed by atoms with van der Waals surface area (Å²) in [4.78, 5) is 21.3. The van der Waals surface area contributed by atoms with E-state index < -0.39 is 11.9 Å². The molecule has 0 atom stereocenters. The highest BCUT2D eigenvalue weighted by molar-refractivity contribution is 6.35. The maximum absolute atomic E-state index is 11.0. The van der Waals surface area contributed by atoms with E-state index in [-0.39, 0.29) is 5.88 Å². The molecule has 0 saturated carbocycles. The molecule has 0 radical (unpaired) electrons. The number of fused-ring (bicyclic) bond motifs is 1. The summed E-state index contributed by atoms with van der Waals surface area (Å²) in [5, 5.41) is 18.7. The molecule has 1 aromatic carbocycles. The van der Waals surface area contributed by atoms with Gasteiger partial charge in [-0.3, -0.25) is 10.2 Å². The minimum atomic E-state index is -1.61. The second kappa shape index (κ2) is 3.58. The van der Waals surface area contributed by atoms with Gasteiger partial charge in [0.1, 0.15) is 0 Å². The van der Waals surface area contributed by atoms with E-state index in [4.69, 9.17) is 5.11 Å². The molecule has 6 heteroatoms. The first-order valence-electron chi connectivity index (χ1n) is 4.43. The van der Waals surface area contributed by atoms with Gasteiger partial charge in [-0.15, -0.1) is 0 Å². The zero-order valence-corrected chi connectivity index (χ0v) is 8.04. The topological polar surface area (TPSA) is 91.6 Å². The van der Waals surface area contributed by atoms with Gasteiger partial charge in [-0.25, -0.2) is 9.47 Å². The first kappa shape index (κ1) is 10.0. The lowest BCUT2D eigenvalue weighted by molar-refractivity contribution is -0.148. The highest BCUT2D eigenvalue weighted by Crippen LogP contribution is 2.22. The third-order valence-corrected chi connectivity index (χ3v) is 2.10. The number of amides is 1. The summed E-state index contributed by atoms with van der Waals surface area (Å²) in [6.45, 7) is 0. The molecule has 2 rings (SSSR count). The van der Waals surface area contributed by atoms with Gasteiger partial charge in [0.2, 0.25) is 5.88 Å². The number of carboxylic acids is 1. The Bertz CT molecular complexity index is 573. The molecule has 0 aliphatic heterocycles. The lowest BCUT2D eigenvalue weighted by Crippen LogP contribution is -2.29. The van der Waals surface area contributed by atoms with Gasteiger partial charge in [0, 0.05) is 11.5 Å². The van der Waals surface area contributed by atoms with Crippen molar-refractivity contribution in [3.05, 3.63) is 30.3 Å². The predicted octanol–water partition coefficient (Wildman–Crippen LogP) is 0.502. The van der Waals surface area contributed by atoms with Crippen LogP contribution in [0.1, 0.15) is 0 Å². The van der Waals surface area contributed by atoms with Gasteiger partial charge in [0.25, 0.3) is 0 Å². The number of aromatic nitrogens is 1. The number of aromatic hydroxyl groups is 1. The van der Waals surface area contributed by atoms with Crippen molar-refractivity contribution in [1.29, 1.82) is 0 Å². The van der Waals surface area contributed by atoms with Gasteiger partial charge >= 0.3 is 11.9 Å². The fourth-order valence-corrected chi connectivity index (χ4v) is 1.41. The van der Waals surface area contributed by atoms with Crippen LogP contribution in [0.2, 0.25) is 0 Å². The van der Waals surface area contributed by atoms with Crippen molar-refractivity contribution in [1.82, 2.24) is 4.68 Å². The summed E-state index contributed by atoms with van der Waals surface area (Å²) >= 11 is 0. The van der Waals surface area contributed by atoms with Gasteiger partial charge < -0.3 is 10.2 Å². The number of nitrogens with zero attached hydrogens (tertiary/aromatic N) is 1. The molecular formula is C10H8N2O4. The van der Waals surface area contributed by atoms with E-state index in [0.717, 1.165) is 4.68 Å². The number of para-hydroxylation sites is 1. The minimum Gasteiger partial charge on any atom is -0.493 e. The maximum atomic E-state index is 11.0. The van der Waals surface area contributed by atoms with E-state index >= 15 is 0 Å². The Hall–Kier alpha value is -2.50. The predicted molar refractivity (Wildman–Crippen MR) is 55.6 cm³/mol. The number of rotatable bonds is 1. The van der Waals surface area contributed by atoms with Gasteiger partial charge in [0.15, 0.2) is 0 Å². The number of hydrogen-bond donors (Lipinski definition) is 3. The average molecular weight is 220 g/mol. The van der Waals surface area contributed by atoms with Crippen LogP contribution >= 0.6 is 0 Å². The third kappa shape index (κ3) is 1.56. The Morgan fingerprint density at radius 1 is 1.25 bits per heavy atom. The van der Waals surface area contributed by atoms with Crippen molar-refractivity contribution in [3.63, 3.8) is 0 Å². The summed E-state index contributed by atoms with van der Waals surface area (Å²) < 4.78 is 1.02. The van der Waals surface area contributed by atoms with Crippen molar-refractivity contribution >= 4 is 22.8 Å². The van der Waals surface area contributed by atoms with Gasteiger partial charge in [-0.05, 0) is 6.07 Å². The van der Waals surface area contributed by atoms with Crippen molar-refractivity contribution < 1.29 is 19.8 Å². The second-order valence-corrected chi connectivity index (χ2v) is 3.14. The van der Waals surface area contributed by atoms with E-state index in [9.17, 15) is 14.7 Å². The van der Waals surface area contributed by atoms with Crippen LogP contribution in [0.3, 0.4) is 0 Å². The van der Waals surface area contributed by atoms with Crippen LogP contribution in [0, 0.1) is 0 Å². The zero-order valence-electron chi connectivity index (χ0n) is 8.04. The van der Waals surface area contributed by atoms with E-state index in [2.05, 4.69) is 5.43 Å².